The largest absolute Gasteiger partial charge is 0.488 e. The highest BCUT2D eigenvalue weighted by Gasteiger charge is 2.40. The summed E-state index contributed by atoms with van der Waals surface area (Å²) in [6.07, 6.45) is -0.0886. The van der Waals surface area contributed by atoms with Gasteiger partial charge in [-0.15, -0.1) is 0 Å². The highest BCUT2D eigenvalue weighted by molar-refractivity contribution is 5.97. The van der Waals surface area contributed by atoms with Crippen molar-refractivity contribution in [1.29, 1.82) is 0 Å². The summed E-state index contributed by atoms with van der Waals surface area (Å²) >= 11 is 0. The van der Waals surface area contributed by atoms with Crippen LogP contribution in [0.15, 0.2) is 48.5 Å². The minimum Gasteiger partial charge on any atom is -0.488 e. The van der Waals surface area contributed by atoms with Gasteiger partial charge in [-0.2, -0.15) is 0 Å². The molecule has 0 aromatic heterocycles. The number of ether oxygens (including phenoxy) is 3. The van der Waals surface area contributed by atoms with Gasteiger partial charge in [-0.25, -0.2) is 4.79 Å². The molecule has 0 saturated heterocycles. The number of hydrogen-bond acceptors (Lipinski definition) is 6. The van der Waals surface area contributed by atoms with E-state index in [2.05, 4.69) is 29.0 Å². The highest BCUT2D eigenvalue weighted by atomic mass is 16.6. The second kappa shape index (κ2) is 13.2. The Labute approximate surface area is 238 Å². The van der Waals surface area contributed by atoms with Crippen molar-refractivity contribution in [1.82, 2.24) is 5.32 Å². The SMILES string of the molecule is COC(=O)[C@@H](NC(=O)c1ccc(C#CC#Cc2ccc(OC(C)(C)C)cc2)cc1)C(C)(C)CC(=O)OC(C)(C)C. The van der Waals surface area contributed by atoms with E-state index < -0.39 is 34.9 Å². The number of esters is 2. The van der Waals surface area contributed by atoms with Gasteiger partial charge in [0, 0.05) is 22.1 Å². The third-order valence-corrected chi connectivity index (χ3v) is 5.42. The fourth-order valence-electron chi connectivity index (χ4n) is 3.63. The van der Waals surface area contributed by atoms with Crippen LogP contribution < -0.4 is 10.1 Å². The first kappa shape index (κ1) is 32.0. The Morgan fingerprint density at radius 3 is 1.73 bits per heavy atom. The van der Waals surface area contributed by atoms with E-state index in [1.165, 1.54) is 7.11 Å². The van der Waals surface area contributed by atoms with Crippen LogP contribution in [-0.2, 0) is 19.1 Å². The minimum absolute atomic E-state index is 0.0886. The molecule has 0 saturated carbocycles. The van der Waals surface area contributed by atoms with Crippen LogP contribution in [0.25, 0.3) is 0 Å². The van der Waals surface area contributed by atoms with E-state index >= 15 is 0 Å². The molecule has 0 bridgehead atoms. The van der Waals surface area contributed by atoms with Gasteiger partial charge in [0.1, 0.15) is 23.0 Å². The monoisotopic (exact) mass is 545 g/mol. The number of methoxy groups -OCH3 is 1. The summed E-state index contributed by atoms with van der Waals surface area (Å²) in [6.45, 7) is 14.7. The maximum atomic E-state index is 13.0. The van der Waals surface area contributed by atoms with Gasteiger partial charge >= 0.3 is 11.9 Å². The summed E-state index contributed by atoms with van der Waals surface area (Å²) in [5, 5.41) is 2.71. The van der Waals surface area contributed by atoms with E-state index in [-0.39, 0.29) is 12.0 Å². The van der Waals surface area contributed by atoms with Gasteiger partial charge < -0.3 is 19.5 Å². The third kappa shape index (κ3) is 10.9. The molecule has 0 spiro atoms. The Morgan fingerprint density at radius 2 is 1.27 bits per heavy atom. The van der Waals surface area contributed by atoms with Gasteiger partial charge in [-0.05, 0) is 102 Å². The van der Waals surface area contributed by atoms with Gasteiger partial charge in [0.2, 0.25) is 0 Å². The first-order chi connectivity index (χ1) is 18.5. The molecule has 0 heterocycles. The summed E-state index contributed by atoms with van der Waals surface area (Å²) in [7, 11) is 1.23. The van der Waals surface area contributed by atoms with Crippen LogP contribution in [0, 0.1) is 29.1 Å². The Kier molecular flexibility index (Phi) is 10.6. The topological polar surface area (TPSA) is 90.9 Å². The standard InChI is InChI=1S/C33H39NO6/c1-31(2,3)39-26-20-16-24(17-21-26)13-11-10-12-23-14-18-25(19-15-23)29(36)34-28(30(37)38-9)33(7,8)22-27(35)40-32(4,5)6/h14-21,28H,22H2,1-9H3,(H,34,36)/t28-/m1/s1. The number of rotatable bonds is 7. The second-order valence-corrected chi connectivity index (χ2v) is 12.0. The molecule has 0 aliphatic carbocycles. The normalized spacial score (nSPS) is 12.0. The average molecular weight is 546 g/mol. The van der Waals surface area contributed by atoms with Gasteiger partial charge in [0.25, 0.3) is 5.91 Å². The van der Waals surface area contributed by atoms with Gasteiger partial charge in [-0.3, -0.25) is 9.59 Å². The van der Waals surface area contributed by atoms with Crippen LogP contribution in [0.4, 0.5) is 0 Å². The Balaban J connectivity index is 2.07. The molecular weight excluding hydrogens is 506 g/mol. The fraction of sp³-hybridized carbons (Fsp3) is 0.424. The highest BCUT2D eigenvalue weighted by Crippen LogP contribution is 2.28. The fourth-order valence-corrected chi connectivity index (χ4v) is 3.63. The molecule has 1 atom stereocenters. The average Bonchev–Trinajstić information content (AvgIpc) is 2.83. The van der Waals surface area contributed by atoms with Crippen molar-refractivity contribution in [3.63, 3.8) is 0 Å². The zero-order chi connectivity index (χ0) is 30.1. The van der Waals surface area contributed by atoms with Crippen molar-refractivity contribution in [2.45, 2.75) is 79.1 Å². The van der Waals surface area contributed by atoms with Crippen molar-refractivity contribution in [2.75, 3.05) is 7.11 Å². The van der Waals surface area contributed by atoms with E-state index in [1.807, 2.05) is 45.0 Å². The molecule has 0 aliphatic rings. The van der Waals surface area contributed by atoms with Crippen LogP contribution >= 0.6 is 0 Å². The summed E-state index contributed by atoms with van der Waals surface area (Å²) in [5.74, 6) is 10.7. The van der Waals surface area contributed by atoms with Crippen molar-refractivity contribution >= 4 is 17.8 Å². The molecule has 1 amide bonds. The van der Waals surface area contributed by atoms with E-state index in [9.17, 15) is 14.4 Å². The van der Waals surface area contributed by atoms with E-state index in [0.29, 0.717) is 11.1 Å². The molecular formula is C33H39NO6. The van der Waals surface area contributed by atoms with E-state index in [0.717, 1.165) is 11.3 Å². The zero-order valence-corrected chi connectivity index (χ0v) is 24.9. The molecule has 0 radical (unpaired) electrons. The molecule has 7 heteroatoms. The first-order valence-electron chi connectivity index (χ1n) is 13.0. The van der Waals surface area contributed by atoms with Crippen molar-refractivity contribution < 1.29 is 28.6 Å². The Bertz CT molecular complexity index is 1320. The van der Waals surface area contributed by atoms with Crippen molar-refractivity contribution in [3.8, 4) is 29.4 Å². The lowest BCUT2D eigenvalue weighted by Crippen LogP contribution is -2.51. The van der Waals surface area contributed by atoms with E-state index in [4.69, 9.17) is 14.2 Å². The molecule has 1 N–H and O–H groups in total. The maximum absolute atomic E-state index is 13.0. The molecule has 2 aromatic rings. The van der Waals surface area contributed by atoms with Crippen molar-refractivity contribution in [3.05, 3.63) is 65.2 Å². The maximum Gasteiger partial charge on any atom is 0.328 e. The lowest BCUT2D eigenvalue weighted by atomic mass is 9.80. The minimum atomic E-state index is -1.07. The molecule has 7 nitrogen and oxygen atoms in total. The summed E-state index contributed by atoms with van der Waals surface area (Å²) in [5.41, 5.74) is -0.0748. The lowest BCUT2D eigenvalue weighted by molar-refractivity contribution is -0.159. The molecule has 2 aromatic carbocycles. The van der Waals surface area contributed by atoms with E-state index in [1.54, 1.807) is 58.9 Å². The predicted molar refractivity (Wildman–Crippen MR) is 155 cm³/mol. The number of benzene rings is 2. The van der Waals surface area contributed by atoms with Crippen LogP contribution in [0.1, 0.15) is 83.3 Å². The predicted octanol–water partition coefficient (Wildman–Crippen LogP) is 5.30. The number of carbonyl (C=O) groups excluding carboxylic acids is 3. The van der Waals surface area contributed by atoms with Gasteiger partial charge in [0.05, 0.1) is 13.5 Å². The smallest absolute Gasteiger partial charge is 0.328 e. The molecule has 2 rings (SSSR count). The Morgan fingerprint density at radius 1 is 0.775 bits per heavy atom. The van der Waals surface area contributed by atoms with Gasteiger partial charge in [-0.1, -0.05) is 25.7 Å². The molecule has 0 fully saturated rings. The summed E-state index contributed by atoms with van der Waals surface area (Å²) in [6, 6.07) is 13.0. The second-order valence-electron chi connectivity index (χ2n) is 12.0. The molecule has 0 unspecified atom stereocenters. The molecule has 0 aliphatic heterocycles. The molecule has 212 valence electrons. The number of nitrogens with one attached hydrogen (secondary N) is 1. The van der Waals surface area contributed by atoms with Crippen LogP contribution in [0.5, 0.6) is 5.75 Å². The van der Waals surface area contributed by atoms with Crippen LogP contribution in [0.3, 0.4) is 0 Å². The Hall–Kier alpha value is -4.23. The quantitative estimate of drug-likeness (QED) is 0.375. The number of carbonyl (C=O) groups is 3. The number of amides is 1. The third-order valence-electron chi connectivity index (χ3n) is 5.42. The summed E-state index contributed by atoms with van der Waals surface area (Å²) in [4.78, 5) is 37.9. The van der Waals surface area contributed by atoms with Gasteiger partial charge in [0.15, 0.2) is 0 Å². The first-order valence-corrected chi connectivity index (χ1v) is 13.0. The zero-order valence-electron chi connectivity index (χ0n) is 24.9. The molecule has 40 heavy (non-hydrogen) atoms. The van der Waals surface area contributed by atoms with Crippen molar-refractivity contribution in [2.24, 2.45) is 5.41 Å². The van der Waals surface area contributed by atoms with Crippen LogP contribution in [-0.4, -0.2) is 42.2 Å². The van der Waals surface area contributed by atoms with Crippen LogP contribution in [0.2, 0.25) is 0 Å². The lowest BCUT2D eigenvalue weighted by Gasteiger charge is -2.33. The summed E-state index contributed by atoms with van der Waals surface area (Å²) < 4.78 is 16.1. The number of hydrogen-bond donors (Lipinski definition) is 1.